The van der Waals surface area contributed by atoms with Gasteiger partial charge in [0.2, 0.25) is 0 Å². The minimum absolute atomic E-state index is 0.0373. The van der Waals surface area contributed by atoms with Crippen LogP contribution >= 0.6 is 0 Å². The van der Waals surface area contributed by atoms with E-state index in [1.165, 1.54) is 0 Å². The lowest BCUT2D eigenvalue weighted by Gasteiger charge is -2.12. The van der Waals surface area contributed by atoms with Crippen molar-refractivity contribution in [2.24, 2.45) is 0 Å². The normalized spacial score (nSPS) is 10.5. The average Bonchev–Trinajstić information content (AvgIpc) is 2.07. The van der Waals surface area contributed by atoms with Crippen LogP contribution in [-0.4, -0.2) is 34.6 Å². The lowest BCUT2D eigenvalue weighted by Crippen LogP contribution is -2.25. The summed E-state index contributed by atoms with van der Waals surface area (Å²) in [5.74, 6) is -0.820. The number of aryl methyl sites for hydroxylation is 1. The topological polar surface area (TPSA) is 53.4 Å². The second-order valence-electron chi connectivity index (χ2n) is 3.39. The first-order chi connectivity index (χ1) is 6.58. The van der Waals surface area contributed by atoms with Crippen molar-refractivity contribution in [3.63, 3.8) is 0 Å². The van der Waals surface area contributed by atoms with E-state index in [1.54, 1.807) is 18.1 Å². The van der Waals surface area contributed by atoms with Crippen molar-refractivity contribution in [3.05, 3.63) is 29.6 Å². The van der Waals surface area contributed by atoms with Crippen LogP contribution < -0.4 is 0 Å². The van der Waals surface area contributed by atoms with E-state index >= 15 is 0 Å². The summed E-state index contributed by atoms with van der Waals surface area (Å²) < 4.78 is 0. The molecule has 0 unspecified atom stereocenters. The third-order valence-corrected chi connectivity index (χ3v) is 1.81. The average molecular weight is 194 g/mol. The fourth-order valence-corrected chi connectivity index (χ4v) is 1.16. The molecule has 4 nitrogen and oxygen atoms in total. The zero-order chi connectivity index (χ0) is 10.6. The summed E-state index contributed by atoms with van der Waals surface area (Å²) in [6, 6.07) is 3.88. The third-order valence-electron chi connectivity index (χ3n) is 1.81. The number of aliphatic carboxylic acids is 1. The number of likely N-dealkylation sites (N-methyl/N-ethyl adjacent to an activating group) is 1. The fraction of sp³-hybridized carbons (Fsp3) is 0.400. The SMILES string of the molecule is Cc1ccc(CN(C)CC(=O)O)nc1. The second-order valence-corrected chi connectivity index (χ2v) is 3.39. The van der Waals surface area contributed by atoms with E-state index in [0.717, 1.165) is 11.3 Å². The second kappa shape index (κ2) is 4.72. The van der Waals surface area contributed by atoms with Crippen LogP contribution in [0.2, 0.25) is 0 Å². The van der Waals surface area contributed by atoms with Gasteiger partial charge in [-0.05, 0) is 25.6 Å². The maximum Gasteiger partial charge on any atom is 0.317 e. The maximum atomic E-state index is 10.4. The highest BCUT2D eigenvalue weighted by Gasteiger charge is 2.05. The van der Waals surface area contributed by atoms with Crippen LogP contribution in [0.4, 0.5) is 0 Å². The van der Waals surface area contributed by atoms with Crippen LogP contribution in [0, 0.1) is 6.92 Å². The third kappa shape index (κ3) is 3.53. The lowest BCUT2D eigenvalue weighted by molar-refractivity contribution is -0.138. The molecule has 0 aliphatic carbocycles. The van der Waals surface area contributed by atoms with Crippen molar-refractivity contribution in [3.8, 4) is 0 Å². The van der Waals surface area contributed by atoms with Gasteiger partial charge in [-0.3, -0.25) is 14.7 Å². The van der Waals surface area contributed by atoms with Gasteiger partial charge < -0.3 is 5.11 Å². The predicted octanol–water partition coefficient (Wildman–Crippen LogP) is 0.906. The molecule has 14 heavy (non-hydrogen) atoms. The van der Waals surface area contributed by atoms with Gasteiger partial charge >= 0.3 is 5.97 Å². The van der Waals surface area contributed by atoms with Gasteiger partial charge in [-0.25, -0.2) is 0 Å². The van der Waals surface area contributed by atoms with E-state index in [-0.39, 0.29) is 6.54 Å². The van der Waals surface area contributed by atoms with Gasteiger partial charge in [0.05, 0.1) is 12.2 Å². The molecule has 1 aromatic rings. The standard InChI is InChI=1S/C10H14N2O2/c1-8-3-4-9(11-5-8)6-12(2)7-10(13)14/h3-5H,6-7H2,1-2H3,(H,13,14). The van der Waals surface area contributed by atoms with Crippen LogP contribution in [0.25, 0.3) is 0 Å². The van der Waals surface area contributed by atoms with E-state index in [2.05, 4.69) is 4.98 Å². The highest BCUT2D eigenvalue weighted by atomic mass is 16.4. The first-order valence-electron chi connectivity index (χ1n) is 4.40. The van der Waals surface area contributed by atoms with Crippen LogP contribution in [0.1, 0.15) is 11.3 Å². The van der Waals surface area contributed by atoms with E-state index in [9.17, 15) is 4.79 Å². The molecule has 0 bridgehead atoms. The molecule has 1 heterocycles. The zero-order valence-corrected chi connectivity index (χ0v) is 8.40. The molecule has 0 saturated heterocycles. The molecular formula is C10H14N2O2. The number of hydrogen-bond donors (Lipinski definition) is 1. The first kappa shape index (κ1) is 10.7. The molecule has 0 aliphatic heterocycles. The minimum Gasteiger partial charge on any atom is -0.480 e. The Balaban J connectivity index is 2.51. The predicted molar refractivity (Wildman–Crippen MR) is 52.9 cm³/mol. The van der Waals surface area contributed by atoms with Crippen LogP contribution in [-0.2, 0) is 11.3 Å². The summed E-state index contributed by atoms with van der Waals surface area (Å²) in [6.07, 6.45) is 1.78. The van der Waals surface area contributed by atoms with Crippen LogP contribution in [0.15, 0.2) is 18.3 Å². The summed E-state index contributed by atoms with van der Waals surface area (Å²) in [5.41, 5.74) is 1.99. The number of carbonyl (C=O) groups is 1. The van der Waals surface area contributed by atoms with E-state index < -0.39 is 5.97 Å². The quantitative estimate of drug-likeness (QED) is 0.774. The van der Waals surface area contributed by atoms with Gasteiger partial charge in [-0.1, -0.05) is 6.07 Å². The van der Waals surface area contributed by atoms with E-state index in [0.29, 0.717) is 6.54 Å². The van der Waals surface area contributed by atoms with Crippen molar-refractivity contribution < 1.29 is 9.90 Å². The Kier molecular flexibility index (Phi) is 3.59. The Morgan fingerprint density at radius 3 is 2.79 bits per heavy atom. The smallest absolute Gasteiger partial charge is 0.317 e. The first-order valence-corrected chi connectivity index (χ1v) is 4.40. The summed E-state index contributed by atoms with van der Waals surface area (Å²) in [6.45, 7) is 2.57. The van der Waals surface area contributed by atoms with Gasteiger partial charge in [0.25, 0.3) is 0 Å². The van der Waals surface area contributed by atoms with Crippen LogP contribution in [0.5, 0.6) is 0 Å². The van der Waals surface area contributed by atoms with Crippen molar-refractivity contribution in [1.29, 1.82) is 0 Å². The molecule has 4 heteroatoms. The summed E-state index contributed by atoms with van der Waals surface area (Å²) in [4.78, 5) is 16.3. The number of nitrogens with zero attached hydrogens (tertiary/aromatic N) is 2. The van der Waals surface area contributed by atoms with Crippen molar-refractivity contribution >= 4 is 5.97 Å². The Hall–Kier alpha value is -1.42. The van der Waals surface area contributed by atoms with Crippen molar-refractivity contribution in [1.82, 2.24) is 9.88 Å². The van der Waals surface area contributed by atoms with Crippen molar-refractivity contribution in [2.45, 2.75) is 13.5 Å². The Bertz CT molecular complexity index is 308. The monoisotopic (exact) mass is 194 g/mol. The molecule has 1 N–H and O–H groups in total. The molecule has 1 aromatic heterocycles. The number of carboxylic acids is 1. The summed E-state index contributed by atoms with van der Waals surface area (Å²) in [5, 5.41) is 8.54. The fourth-order valence-electron chi connectivity index (χ4n) is 1.16. The Morgan fingerprint density at radius 2 is 2.29 bits per heavy atom. The van der Waals surface area contributed by atoms with E-state index in [1.807, 2.05) is 19.1 Å². The molecule has 0 fully saturated rings. The number of hydrogen-bond acceptors (Lipinski definition) is 3. The molecule has 0 atom stereocenters. The lowest BCUT2D eigenvalue weighted by atomic mass is 10.2. The highest BCUT2D eigenvalue weighted by Crippen LogP contribution is 2.01. The number of aromatic nitrogens is 1. The number of rotatable bonds is 4. The molecule has 0 spiro atoms. The summed E-state index contributed by atoms with van der Waals surface area (Å²) >= 11 is 0. The molecular weight excluding hydrogens is 180 g/mol. The molecule has 1 rings (SSSR count). The van der Waals surface area contributed by atoms with Gasteiger partial charge in [0.1, 0.15) is 0 Å². The molecule has 0 saturated carbocycles. The van der Waals surface area contributed by atoms with E-state index in [4.69, 9.17) is 5.11 Å². The maximum absolute atomic E-state index is 10.4. The van der Waals surface area contributed by atoms with Crippen LogP contribution in [0.3, 0.4) is 0 Å². The summed E-state index contributed by atoms with van der Waals surface area (Å²) in [7, 11) is 1.76. The van der Waals surface area contributed by atoms with Gasteiger partial charge in [-0.2, -0.15) is 0 Å². The van der Waals surface area contributed by atoms with Crippen molar-refractivity contribution in [2.75, 3.05) is 13.6 Å². The number of pyridine rings is 1. The van der Waals surface area contributed by atoms with Gasteiger partial charge in [-0.15, -0.1) is 0 Å². The highest BCUT2D eigenvalue weighted by molar-refractivity contribution is 5.68. The van der Waals surface area contributed by atoms with Gasteiger partial charge in [0.15, 0.2) is 0 Å². The Morgan fingerprint density at radius 1 is 1.57 bits per heavy atom. The minimum atomic E-state index is -0.820. The molecule has 0 aromatic carbocycles. The molecule has 0 aliphatic rings. The molecule has 0 radical (unpaired) electrons. The zero-order valence-electron chi connectivity index (χ0n) is 8.40. The molecule has 0 amide bonds. The van der Waals surface area contributed by atoms with Gasteiger partial charge in [0, 0.05) is 12.7 Å². The molecule has 76 valence electrons. The largest absolute Gasteiger partial charge is 0.480 e. The Labute approximate surface area is 83.2 Å². The number of carboxylic acid groups (broad SMARTS) is 1.